The highest BCUT2D eigenvalue weighted by Gasteiger charge is 2.34. The number of carboxylic acids is 1. The molecule has 1 aromatic heterocycles. The summed E-state index contributed by atoms with van der Waals surface area (Å²) in [4.78, 5) is 11.3. The monoisotopic (exact) mass is 319 g/mol. The zero-order valence-corrected chi connectivity index (χ0v) is 12.5. The Morgan fingerprint density at radius 3 is 2.59 bits per heavy atom. The second-order valence-electron chi connectivity index (χ2n) is 4.16. The van der Waals surface area contributed by atoms with Crippen LogP contribution in [-0.4, -0.2) is 17.6 Å². The Hall–Kier alpha value is -0.390. The average molecular weight is 320 g/mol. The number of carbonyl (C=O) groups is 1. The van der Waals surface area contributed by atoms with Gasteiger partial charge in [0.05, 0.1) is 9.20 Å². The minimum Gasteiger partial charge on any atom is -0.481 e. The fourth-order valence-electron chi connectivity index (χ4n) is 1.76. The molecular weight excluding hydrogens is 302 g/mol. The molecule has 0 spiro atoms. The molecule has 0 radical (unpaired) electrons. The van der Waals surface area contributed by atoms with Crippen molar-refractivity contribution >= 4 is 33.2 Å². The first-order valence-electron chi connectivity index (χ1n) is 5.71. The normalized spacial score (nSPS) is 11.7. The van der Waals surface area contributed by atoms with Gasteiger partial charge in [0.15, 0.2) is 0 Å². The largest absolute Gasteiger partial charge is 0.481 e. The van der Waals surface area contributed by atoms with Crippen molar-refractivity contribution in [1.29, 1.82) is 0 Å². The number of carboxylic acid groups (broad SMARTS) is 1. The Morgan fingerprint density at radius 2 is 2.18 bits per heavy atom. The van der Waals surface area contributed by atoms with Gasteiger partial charge in [-0.2, -0.15) is 0 Å². The molecule has 0 saturated carbocycles. The standard InChI is InChI=1S/C12H18BrNO2S/c1-3-12(4-2,11(15)16)8-14-6-9-5-10(13)17-7-9/h5,7,14H,3-4,6,8H2,1-2H3,(H,15,16). The van der Waals surface area contributed by atoms with Gasteiger partial charge in [0.1, 0.15) is 0 Å². The highest BCUT2D eigenvalue weighted by Crippen LogP contribution is 2.26. The summed E-state index contributed by atoms with van der Waals surface area (Å²) in [7, 11) is 0. The van der Waals surface area contributed by atoms with Gasteiger partial charge in [-0.15, -0.1) is 11.3 Å². The minimum absolute atomic E-state index is 0.517. The summed E-state index contributed by atoms with van der Waals surface area (Å²) < 4.78 is 1.10. The lowest BCUT2D eigenvalue weighted by Crippen LogP contribution is -2.39. The third-order valence-electron chi connectivity index (χ3n) is 3.22. The summed E-state index contributed by atoms with van der Waals surface area (Å²) in [5, 5.41) is 14.6. The SMILES string of the molecule is CCC(CC)(CNCc1csc(Br)c1)C(=O)O. The molecule has 96 valence electrons. The molecule has 0 atom stereocenters. The first-order chi connectivity index (χ1) is 8.04. The third-order valence-corrected chi connectivity index (χ3v) is 4.77. The summed E-state index contributed by atoms with van der Waals surface area (Å²) >= 11 is 5.05. The van der Waals surface area contributed by atoms with Crippen molar-refractivity contribution in [2.45, 2.75) is 33.2 Å². The lowest BCUT2D eigenvalue weighted by Gasteiger charge is -2.26. The predicted molar refractivity (Wildman–Crippen MR) is 74.4 cm³/mol. The van der Waals surface area contributed by atoms with E-state index >= 15 is 0 Å². The van der Waals surface area contributed by atoms with Crippen LogP contribution >= 0.6 is 27.3 Å². The average Bonchev–Trinajstić information content (AvgIpc) is 2.70. The van der Waals surface area contributed by atoms with E-state index in [0.717, 1.165) is 10.3 Å². The number of hydrogen-bond donors (Lipinski definition) is 2. The Kier molecular flexibility index (Phi) is 5.62. The Balaban J connectivity index is 2.50. The summed E-state index contributed by atoms with van der Waals surface area (Å²) in [6.45, 7) is 5.10. The third kappa shape index (κ3) is 3.79. The molecule has 1 heterocycles. The molecule has 0 fully saturated rings. The molecule has 17 heavy (non-hydrogen) atoms. The lowest BCUT2D eigenvalue weighted by molar-refractivity contribution is -0.149. The lowest BCUT2D eigenvalue weighted by atomic mass is 9.82. The van der Waals surface area contributed by atoms with Crippen LogP contribution in [0.3, 0.4) is 0 Å². The minimum atomic E-state index is -0.707. The van der Waals surface area contributed by atoms with Crippen LogP contribution in [0.25, 0.3) is 0 Å². The maximum atomic E-state index is 11.3. The van der Waals surface area contributed by atoms with E-state index in [-0.39, 0.29) is 0 Å². The first kappa shape index (κ1) is 14.7. The second kappa shape index (κ2) is 6.52. The van der Waals surface area contributed by atoms with Gasteiger partial charge in [-0.3, -0.25) is 4.79 Å². The Bertz CT molecular complexity index is 374. The Labute approximate surface area is 114 Å². The van der Waals surface area contributed by atoms with Crippen LogP contribution in [0.5, 0.6) is 0 Å². The molecule has 0 aliphatic carbocycles. The quantitative estimate of drug-likeness (QED) is 0.808. The van der Waals surface area contributed by atoms with E-state index < -0.39 is 11.4 Å². The molecule has 2 N–H and O–H groups in total. The zero-order chi connectivity index (χ0) is 12.9. The molecule has 0 aromatic carbocycles. The van der Waals surface area contributed by atoms with Crippen molar-refractivity contribution in [3.63, 3.8) is 0 Å². The van der Waals surface area contributed by atoms with Gasteiger partial charge in [0.25, 0.3) is 0 Å². The van der Waals surface area contributed by atoms with Gasteiger partial charge in [-0.1, -0.05) is 13.8 Å². The number of nitrogens with one attached hydrogen (secondary N) is 1. The molecule has 5 heteroatoms. The van der Waals surface area contributed by atoms with E-state index in [4.69, 9.17) is 0 Å². The summed E-state index contributed by atoms with van der Waals surface area (Å²) in [5.41, 5.74) is 0.557. The van der Waals surface area contributed by atoms with Gasteiger partial charge < -0.3 is 10.4 Å². The highest BCUT2D eigenvalue weighted by molar-refractivity contribution is 9.11. The first-order valence-corrected chi connectivity index (χ1v) is 7.38. The molecule has 0 unspecified atom stereocenters. The van der Waals surface area contributed by atoms with Crippen LogP contribution in [0.15, 0.2) is 15.2 Å². The van der Waals surface area contributed by atoms with Gasteiger partial charge >= 0.3 is 5.97 Å². The molecule has 0 aliphatic heterocycles. The zero-order valence-electron chi connectivity index (χ0n) is 10.1. The van der Waals surface area contributed by atoms with Crippen LogP contribution in [0.2, 0.25) is 0 Å². The maximum Gasteiger partial charge on any atom is 0.310 e. The molecule has 1 rings (SSSR count). The summed E-state index contributed by atoms with van der Waals surface area (Å²) in [6, 6.07) is 2.05. The van der Waals surface area contributed by atoms with E-state index in [1.165, 1.54) is 5.56 Å². The van der Waals surface area contributed by atoms with Gasteiger partial charge in [0, 0.05) is 13.1 Å². The summed E-state index contributed by atoms with van der Waals surface area (Å²) in [5.74, 6) is -0.707. The summed E-state index contributed by atoms with van der Waals surface area (Å²) in [6.07, 6.45) is 1.30. The van der Waals surface area contributed by atoms with Gasteiger partial charge in [0.2, 0.25) is 0 Å². The van der Waals surface area contributed by atoms with E-state index in [1.807, 2.05) is 13.8 Å². The van der Waals surface area contributed by atoms with Crippen LogP contribution in [0.1, 0.15) is 32.3 Å². The molecule has 0 saturated heterocycles. The van der Waals surface area contributed by atoms with Crippen LogP contribution < -0.4 is 5.32 Å². The van der Waals surface area contributed by atoms with Crippen molar-refractivity contribution in [1.82, 2.24) is 5.32 Å². The molecule has 0 bridgehead atoms. The highest BCUT2D eigenvalue weighted by atomic mass is 79.9. The van der Waals surface area contributed by atoms with Crippen LogP contribution in [0, 0.1) is 5.41 Å². The second-order valence-corrected chi connectivity index (χ2v) is 6.45. The fraction of sp³-hybridized carbons (Fsp3) is 0.583. The van der Waals surface area contributed by atoms with Gasteiger partial charge in [-0.05, 0) is 45.8 Å². The van der Waals surface area contributed by atoms with Crippen LogP contribution in [-0.2, 0) is 11.3 Å². The number of hydrogen-bond acceptors (Lipinski definition) is 3. The fourth-order valence-corrected chi connectivity index (χ4v) is 2.97. The van der Waals surface area contributed by atoms with E-state index in [2.05, 4.69) is 32.7 Å². The van der Waals surface area contributed by atoms with Gasteiger partial charge in [-0.25, -0.2) is 0 Å². The molecule has 1 aromatic rings. The number of aliphatic carboxylic acids is 1. The van der Waals surface area contributed by atoms with E-state index in [9.17, 15) is 9.90 Å². The molecule has 0 aliphatic rings. The van der Waals surface area contributed by atoms with Crippen molar-refractivity contribution < 1.29 is 9.90 Å². The Morgan fingerprint density at radius 1 is 1.53 bits per heavy atom. The molecule has 0 amide bonds. The maximum absolute atomic E-state index is 11.3. The predicted octanol–water partition coefficient (Wildman–Crippen LogP) is 3.49. The number of halogens is 1. The molecule has 3 nitrogen and oxygen atoms in total. The van der Waals surface area contributed by atoms with E-state index in [0.29, 0.717) is 19.4 Å². The molecular formula is C12H18BrNO2S. The van der Waals surface area contributed by atoms with Crippen molar-refractivity contribution in [3.05, 3.63) is 20.8 Å². The van der Waals surface area contributed by atoms with Crippen molar-refractivity contribution in [3.8, 4) is 0 Å². The smallest absolute Gasteiger partial charge is 0.310 e. The van der Waals surface area contributed by atoms with Crippen molar-refractivity contribution in [2.75, 3.05) is 6.54 Å². The van der Waals surface area contributed by atoms with Crippen molar-refractivity contribution in [2.24, 2.45) is 5.41 Å². The van der Waals surface area contributed by atoms with Crippen LogP contribution in [0.4, 0.5) is 0 Å². The van der Waals surface area contributed by atoms with E-state index in [1.54, 1.807) is 11.3 Å². The number of thiophene rings is 1. The topological polar surface area (TPSA) is 49.3 Å². The number of rotatable bonds is 7.